The lowest BCUT2D eigenvalue weighted by Crippen LogP contribution is -2.49. The van der Waals surface area contributed by atoms with Crippen molar-refractivity contribution in [2.45, 2.75) is 18.4 Å². The van der Waals surface area contributed by atoms with Crippen molar-refractivity contribution in [2.24, 2.45) is 5.73 Å². The van der Waals surface area contributed by atoms with Crippen LogP contribution < -0.4 is 5.73 Å². The van der Waals surface area contributed by atoms with Gasteiger partial charge < -0.3 is 0 Å². The molecule has 7 heteroatoms. The van der Waals surface area contributed by atoms with E-state index in [4.69, 9.17) is 0 Å². The van der Waals surface area contributed by atoms with Gasteiger partial charge in [-0.05, 0) is 0 Å². The molecule has 1 atom stereocenters. The fraction of sp³-hybridized carbons (Fsp3) is 1.00. The first-order valence-corrected chi connectivity index (χ1v) is 2.04. The minimum absolute atomic E-state index is 3.70. The summed E-state index contributed by atoms with van der Waals surface area (Å²) < 4.78 is 67.2. The summed E-state index contributed by atoms with van der Waals surface area (Å²) in [7, 11) is 0. The number of hydrogen-bond donors (Lipinski definition) is 1. The van der Waals surface area contributed by atoms with Gasteiger partial charge in [0.15, 0.2) is 0 Å². The van der Waals surface area contributed by atoms with Crippen LogP contribution in [0, 0.1) is 0 Å². The molecule has 1 unspecified atom stereocenters. The SMILES string of the molecule is NC(F)C(F)(F)C(F)(F)F. The van der Waals surface area contributed by atoms with E-state index in [1.165, 1.54) is 0 Å². The quantitative estimate of drug-likeness (QED) is 0.464. The molecule has 0 aromatic carbocycles. The fourth-order valence-corrected chi connectivity index (χ4v) is 0.156. The molecule has 0 aliphatic carbocycles. The van der Waals surface area contributed by atoms with Crippen LogP contribution in [0.1, 0.15) is 0 Å². The molecule has 0 saturated heterocycles. The second-order valence-corrected chi connectivity index (χ2v) is 1.52. The van der Waals surface area contributed by atoms with Crippen molar-refractivity contribution < 1.29 is 26.3 Å². The molecule has 0 aromatic heterocycles. The summed E-state index contributed by atoms with van der Waals surface area (Å²) in [6.45, 7) is 0. The highest BCUT2D eigenvalue weighted by Gasteiger charge is 2.62. The van der Waals surface area contributed by atoms with E-state index in [1.54, 1.807) is 0 Å². The van der Waals surface area contributed by atoms with Crippen LogP contribution in [0.5, 0.6) is 0 Å². The summed E-state index contributed by atoms with van der Waals surface area (Å²) in [6, 6.07) is 0. The Morgan fingerprint density at radius 1 is 1.00 bits per heavy atom. The monoisotopic (exact) mass is 167 g/mol. The van der Waals surface area contributed by atoms with Crippen molar-refractivity contribution in [3.05, 3.63) is 0 Å². The zero-order chi connectivity index (χ0) is 8.58. The molecule has 0 amide bonds. The largest absolute Gasteiger partial charge is 0.457 e. The van der Waals surface area contributed by atoms with E-state index in [-0.39, 0.29) is 0 Å². The van der Waals surface area contributed by atoms with Crippen molar-refractivity contribution in [3.8, 4) is 0 Å². The molecule has 0 bridgehead atoms. The highest BCUT2D eigenvalue weighted by molar-refractivity contribution is 4.80. The Labute approximate surface area is 51.8 Å². The van der Waals surface area contributed by atoms with Gasteiger partial charge in [0, 0.05) is 0 Å². The molecule has 0 heterocycles. The van der Waals surface area contributed by atoms with E-state index in [0.29, 0.717) is 0 Å². The lowest BCUT2D eigenvalue weighted by atomic mass is 10.3. The Bertz CT molecular complexity index is 115. The van der Waals surface area contributed by atoms with E-state index in [9.17, 15) is 26.3 Å². The summed E-state index contributed by atoms with van der Waals surface area (Å²) >= 11 is 0. The average molecular weight is 167 g/mol. The van der Waals surface area contributed by atoms with Gasteiger partial charge in [0.1, 0.15) is 0 Å². The highest BCUT2D eigenvalue weighted by atomic mass is 19.4. The third-order valence-electron chi connectivity index (χ3n) is 0.724. The van der Waals surface area contributed by atoms with Gasteiger partial charge in [-0.25, -0.2) is 4.39 Å². The Kier molecular flexibility index (Phi) is 2.19. The molecule has 2 N–H and O–H groups in total. The molecular weight excluding hydrogens is 164 g/mol. The molecule has 0 fully saturated rings. The first-order valence-electron chi connectivity index (χ1n) is 2.04. The number of hydrogen-bond acceptors (Lipinski definition) is 1. The van der Waals surface area contributed by atoms with Crippen LogP contribution in [0.3, 0.4) is 0 Å². The zero-order valence-corrected chi connectivity index (χ0v) is 4.42. The topological polar surface area (TPSA) is 26.0 Å². The summed E-state index contributed by atoms with van der Waals surface area (Å²) in [5, 5.41) is 0. The Balaban J connectivity index is 4.40. The Morgan fingerprint density at radius 2 is 1.30 bits per heavy atom. The first kappa shape index (κ1) is 9.54. The standard InChI is InChI=1S/C3H3F6N/c4-1(10)2(5,6)3(7,8)9/h1H,10H2. The van der Waals surface area contributed by atoms with Crippen molar-refractivity contribution in [1.29, 1.82) is 0 Å². The Hall–Kier alpha value is -0.460. The van der Waals surface area contributed by atoms with Gasteiger partial charge in [-0.2, -0.15) is 22.0 Å². The zero-order valence-electron chi connectivity index (χ0n) is 4.42. The molecule has 0 rings (SSSR count). The van der Waals surface area contributed by atoms with Gasteiger partial charge in [0.2, 0.25) is 6.30 Å². The second-order valence-electron chi connectivity index (χ2n) is 1.52. The number of alkyl halides is 6. The average Bonchev–Trinajstić information content (AvgIpc) is 1.62. The molecule has 62 valence electrons. The Morgan fingerprint density at radius 3 is 1.30 bits per heavy atom. The van der Waals surface area contributed by atoms with E-state index in [0.717, 1.165) is 0 Å². The predicted octanol–water partition coefficient (Wildman–Crippen LogP) is 1.44. The number of nitrogens with two attached hydrogens (primary N) is 1. The first-order chi connectivity index (χ1) is 4.19. The maximum Gasteiger partial charge on any atom is 0.457 e. The van der Waals surface area contributed by atoms with E-state index < -0.39 is 18.4 Å². The van der Waals surface area contributed by atoms with Gasteiger partial charge in [-0.15, -0.1) is 0 Å². The van der Waals surface area contributed by atoms with Gasteiger partial charge in [-0.3, -0.25) is 5.73 Å². The van der Waals surface area contributed by atoms with Gasteiger partial charge >= 0.3 is 12.1 Å². The van der Waals surface area contributed by atoms with Crippen molar-refractivity contribution in [3.63, 3.8) is 0 Å². The summed E-state index contributed by atoms with van der Waals surface area (Å²) in [4.78, 5) is 0. The van der Waals surface area contributed by atoms with Crippen LogP contribution in [-0.4, -0.2) is 18.4 Å². The van der Waals surface area contributed by atoms with E-state index >= 15 is 0 Å². The molecule has 0 saturated carbocycles. The molecule has 0 aromatic rings. The van der Waals surface area contributed by atoms with E-state index in [2.05, 4.69) is 5.73 Å². The van der Waals surface area contributed by atoms with Crippen LogP contribution in [-0.2, 0) is 0 Å². The van der Waals surface area contributed by atoms with Crippen LogP contribution in [0.2, 0.25) is 0 Å². The van der Waals surface area contributed by atoms with Crippen molar-refractivity contribution >= 4 is 0 Å². The van der Waals surface area contributed by atoms with Crippen LogP contribution in [0.25, 0.3) is 0 Å². The normalized spacial score (nSPS) is 17.1. The smallest absolute Gasteiger partial charge is 0.296 e. The maximum atomic E-state index is 11.4. The fourth-order valence-electron chi connectivity index (χ4n) is 0.156. The minimum atomic E-state index is -5.92. The molecule has 1 nitrogen and oxygen atoms in total. The lowest BCUT2D eigenvalue weighted by Gasteiger charge is -2.19. The van der Waals surface area contributed by atoms with Crippen molar-refractivity contribution in [1.82, 2.24) is 0 Å². The summed E-state index contributed by atoms with van der Waals surface area (Å²) in [6.07, 6.45) is -9.62. The maximum absolute atomic E-state index is 11.4. The van der Waals surface area contributed by atoms with Crippen LogP contribution >= 0.6 is 0 Å². The summed E-state index contributed by atoms with van der Waals surface area (Å²) in [5.74, 6) is -5.45. The van der Waals surface area contributed by atoms with Gasteiger partial charge in [0.25, 0.3) is 0 Å². The lowest BCUT2D eigenvalue weighted by molar-refractivity contribution is -0.302. The number of rotatable bonds is 1. The highest BCUT2D eigenvalue weighted by Crippen LogP contribution is 2.37. The molecule has 0 aliphatic heterocycles. The van der Waals surface area contributed by atoms with Crippen LogP contribution in [0.4, 0.5) is 26.3 Å². The second kappa shape index (κ2) is 2.30. The third kappa shape index (κ3) is 1.53. The molecule has 0 spiro atoms. The van der Waals surface area contributed by atoms with Gasteiger partial charge in [0.05, 0.1) is 0 Å². The predicted molar refractivity (Wildman–Crippen MR) is 20.1 cm³/mol. The molecule has 0 radical (unpaired) electrons. The summed E-state index contributed by atoms with van der Waals surface area (Å²) in [5.41, 5.74) is 3.72. The van der Waals surface area contributed by atoms with Crippen molar-refractivity contribution in [2.75, 3.05) is 0 Å². The molecular formula is C3H3F6N. The molecule has 0 aliphatic rings. The minimum Gasteiger partial charge on any atom is -0.296 e. The molecule has 10 heavy (non-hydrogen) atoms. The third-order valence-corrected chi connectivity index (χ3v) is 0.724. The van der Waals surface area contributed by atoms with Crippen LogP contribution in [0.15, 0.2) is 0 Å². The van der Waals surface area contributed by atoms with Gasteiger partial charge in [-0.1, -0.05) is 0 Å². The van der Waals surface area contributed by atoms with E-state index in [1.807, 2.05) is 0 Å². The number of halogens is 6.